The van der Waals surface area contributed by atoms with Crippen LogP contribution < -0.4 is 5.90 Å². The van der Waals surface area contributed by atoms with Gasteiger partial charge in [-0.1, -0.05) is 6.92 Å². The van der Waals surface area contributed by atoms with Gasteiger partial charge >= 0.3 is 0 Å². The Bertz CT molecular complexity index is 161. The molecule has 0 aromatic rings. The fourth-order valence-electron chi connectivity index (χ4n) is 1.50. The Balaban J connectivity index is 2.40. The molecule has 0 aromatic heterocycles. The van der Waals surface area contributed by atoms with Gasteiger partial charge in [-0.25, -0.2) is 5.90 Å². The Hall–Kier alpha value is -0.610. The van der Waals surface area contributed by atoms with Crippen molar-refractivity contribution in [3.8, 4) is 0 Å². The summed E-state index contributed by atoms with van der Waals surface area (Å²) in [6.07, 6.45) is 2.56. The third-order valence-electron chi connectivity index (χ3n) is 2.23. The lowest BCUT2D eigenvalue weighted by Gasteiger charge is -2.31. The second-order valence-electron chi connectivity index (χ2n) is 3.09. The average Bonchev–Trinajstić information content (AvgIpc) is 2.17. The Morgan fingerprint density at radius 3 is 3.08 bits per heavy atom. The molecule has 0 aromatic carbocycles. The number of piperidine rings is 1. The lowest BCUT2D eigenvalue weighted by Crippen LogP contribution is -2.43. The standard InChI is InChI=1S/C8H16N2O2/c1-2-8(11)10-5-3-4-7(6-10)12-9/h7H,2-6,9H2,1H3. The molecule has 4 heteroatoms. The Morgan fingerprint density at radius 1 is 1.75 bits per heavy atom. The molecule has 1 saturated heterocycles. The van der Waals surface area contributed by atoms with Crippen LogP contribution in [0.4, 0.5) is 0 Å². The maximum absolute atomic E-state index is 11.3. The molecule has 1 amide bonds. The van der Waals surface area contributed by atoms with E-state index < -0.39 is 0 Å². The predicted molar refractivity (Wildman–Crippen MR) is 45.2 cm³/mol. The first-order valence-electron chi connectivity index (χ1n) is 4.41. The number of likely N-dealkylation sites (tertiary alicyclic amines) is 1. The highest BCUT2D eigenvalue weighted by atomic mass is 16.6. The van der Waals surface area contributed by atoms with E-state index in [2.05, 4.69) is 0 Å². The summed E-state index contributed by atoms with van der Waals surface area (Å²) < 4.78 is 0. The molecule has 1 heterocycles. The van der Waals surface area contributed by atoms with Crippen LogP contribution in [0.25, 0.3) is 0 Å². The second-order valence-corrected chi connectivity index (χ2v) is 3.09. The van der Waals surface area contributed by atoms with Crippen molar-refractivity contribution in [1.82, 2.24) is 4.90 Å². The van der Waals surface area contributed by atoms with Crippen molar-refractivity contribution in [1.29, 1.82) is 0 Å². The van der Waals surface area contributed by atoms with Crippen molar-refractivity contribution in [3.63, 3.8) is 0 Å². The summed E-state index contributed by atoms with van der Waals surface area (Å²) in [6.45, 7) is 3.38. The van der Waals surface area contributed by atoms with E-state index in [1.807, 2.05) is 11.8 Å². The van der Waals surface area contributed by atoms with Gasteiger partial charge in [0.15, 0.2) is 0 Å². The lowest BCUT2D eigenvalue weighted by molar-refractivity contribution is -0.135. The van der Waals surface area contributed by atoms with Gasteiger partial charge in [-0.05, 0) is 12.8 Å². The topological polar surface area (TPSA) is 55.6 Å². The van der Waals surface area contributed by atoms with Gasteiger partial charge in [-0.2, -0.15) is 0 Å². The van der Waals surface area contributed by atoms with E-state index in [0.29, 0.717) is 13.0 Å². The number of nitrogens with two attached hydrogens (primary N) is 1. The number of carbonyl (C=O) groups excluding carboxylic acids is 1. The quantitative estimate of drug-likeness (QED) is 0.608. The van der Waals surface area contributed by atoms with Crippen LogP contribution in [0, 0.1) is 0 Å². The zero-order valence-corrected chi connectivity index (χ0v) is 7.45. The number of hydrogen-bond acceptors (Lipinski definition) is 3. The fourth-order valence-corrected chi connectivity index (χ4v) is 1.50. The van der Waals surface area contributed by atoms with Gasteiger partial charge in [-0.3, -0.25) is 9.63 Å². The third-order valence-corrected chi connectivity index (χ3v) is 2.23. The molecule has 4 nitrogen and oxygen atoms in total. The highest BCUT2D eigenvalue weighted by molar-refractivity contribution is 5.75. The van der Waals surface area contributed by atoms with Gasteiger partial charge in [-0.15, -0.1) is 0 Å². The number of carbonyl (C=O) groups is 1. The smallest absolute Gasteiger partial charge is 0.222 e. The van der Waals surface area contributed by atoms with Gasteiger partial charge in [0.1, 0.15) is 0 Å². The van der Waals surface area contributed by atoms with E-state index in [1.165, 1.54) is 0 Å². The Morgan fingerprint density at radius 2 is 2.50 bits per heavy atom. The van der Waals surface area contributed by atoms with E-state index in [4.69, 9.17) is 10.7 Å². The van der Waals surface area contributed by atoms with E-state index in [-0.39, 0.29) is 12.0 Å². The zero-order valence-electron chi connectivity index (χ0n) is 7.45. The molecule has 0 saturated carbocycles. The van der Waals surface area contributed by atoms with Crippen molar-refractivity contribution in [2.75, 3.05) is 13.1 Å². The van der Waals surface area contributed by atoms with Crippen LogP contribution in [0.1, 0.15) is 26.2 Å². The highest BCUT2D eigenvalue weighted by Crippen LogP contribution is 2.12. The summed E-state index contributed by atoms with van der Waals surface area (Å²) in [5.74, 6) is 5.26. The second kappa shape index (κ2) is 4.42. The minimum Gasteiger partial charge on any atom is -0.340 e. The number of hydrogen-bond donors (Lipinski definition) is 1. The third kappa shape index (κ3) is 2.19. The van der Waals surface area contributed by atoms with Crippen LogP contribution in [0.3, 0.4) is 0 Å². The summed E-state index contributed by atoms with van der Waals surface area (Å²) in [5.41, 5.74) is 0. The molecular weight excluding hydrogens is 156 g/mol. The molecular formula is C8H16N2O2. The minimum absolute atomic E-state index is 0.0363. The predicted octanol–water partition coefficient (Wildman–Crippen LogP) is 0.278. The van der Waals surface area contributed by atoms with E-state index in [0.717, 1.165) is 19.4 Å². The fraction of sp³-hybridized carbons (Fsp3) is 0.875. The van der Waals surface area contributed by atoms with Gasteiger partial charge in [0.25, 0.3) is 0 Å². The van der Waals surface area contributed by atoms with Crippen molar-refractivity contribution < 1.29 is 9.63 Å². The largest absolute Gasteiger partial charge is 0.340 e. The van der Waals surface area contributed by atoms with Gasteiger partial charge in [0, 0.05) is 19.5 Å². The van der Waals surface area contributed by atoms with Crippen molar-refractivity contribution in [2.45, 2.75) is 32.3 Å². The van der Waals surface area contributed by atoms with Crippen LogP contribution >= 0.6 is 0 Å². The minimum atomic E-state index is 0.0363. The van der Waals surface area contributed by atoms with Gasteiger partial charge in [0.2, 0.25) is 5.91 Å². The van der Waals surface area contributed by atoms with Crippen molar-refractivity contribution in [2.24, 2.45) is 5.90 Å². The maximum Gasteiger partial charge on any atom is 0.222 e. The molecule has 0 bridgehead atoms. The van der Waals surface area contributed by atoms with E-state index in [1.54, 1.807) is 0 Å². The summed E-state index contributed by atoms with van der Waals surface area (Å²) in [5, 5.41) is 0. The highest BCUT2D eigenvalue weighted by Gasteiger charge is 2.22. The number of nitrogens with zero attached hydrogens (tertiary/aromatic N) is 1. The zero-order chi connectivity index (χ0) is 8.97. The first-order chi connectivity index (χ1) is 5.77. The molecule has 12 heavy (non-hydrogen) atoms. The molecule has 1 atom stereocenters. The molecule has 1 fully saturated rings. The molecule has 1 aliphatic rings. The molecule has 0 aliphatic carbocycles. The Labute approximate surface area is 72.6 Å². The van der Waals surface area contributed by atoms with Crippen LogP contribution in [0.15, 0.2) is 0 Å². The Kier molecular flexibility index (Phi) is 3.49. The van der Waals surface area contributed by atoms with E-state index >= 15 is 0 Å². The van der Waals surface area contributed by atoms with Crippen LogP contribution in [-0.2, 0) is 9.63 Å². The van der Waals surface area contributed by atoms with Gasteiger partial charge < -0.3 is 4.90 Å². The van der Waals surface area contributed by atoms with Gasteiger partial charge in [0.05, 0.1) is 6.10 Å². The number of rotatable bonds is 2. The van der Waals surface area contributed by atoms with Crippen molar-refractivity contribution in [3.05, 3.63) is 0 Å². The summed E-state index contributed by atoms with van der Waals surface area (Å²) in [6, 6.07) is 0. The molecule has 70 valence electrons. The normalized spacial score (nSPS) is 24.2. The molecule has 0 radical (unpaired) electrons. The molecule has 1 rings (SSSR count). The van der Waals surface area contributed by atoms with E-state index in [9.17, 15) is 4.79 Å². The first-order valence-corrected chi connectivity index (χ1v) is 4.41. The van der Waals surface area contributed by atoms with Crippen LogP contribution in [-0.4, -0.2) is 30.0 Å². The monoisotopic (exact) mass is 172 g/mol. The molecule has 0 spiro atoms. The maximum atomic E-state index is 11.3. The first kappa shape index (κ1) is 9.48. The molecule has 2 N–H and O–H groups in total. The lowest BCUT2D eigenvalue weighted by atomic mass is 10.1. The van der Waals surface area contributed by atoms with Crippen LogP contribution in [0.2, 0.25) is 0 Å². The van der Waals surface area contributed by atoms with Crippen LogP contribution in [0.5, 0.6) is 0 Å². The summed E-state index contributed by atoms with van der Waals surface area (Å²) >= 11 is 0. The SMILES string of the molecule is CCC(=O)N1CCCC(ON)C1. The average molecular weight is 172 g/mol. The number of amides is 1. The van der Waals surface area contributed by atoms with Crippen molar-refractivity contribution >= 4 is 5.91 Å². The summed E-state index contributed by atoms with van der Waals surface area (Å²) in [7, 11) is 0. The summed E-state index contributed by atoms with van der Waals surface area (Å²) in [4.78, 5) is 17.8. The molecule has 1 aliphatic heterocycles. The molecule has 1 unspecified atom stereocenters.